The summed E-state index contributed by atoms with van der Waals surface area (Å²) in [6.07, 6.45) is -4.16. The topological polar surface area (TPSA) is 174 Å². The first-order valence-corrected chi connectivity index (χ1v) is 12.1. The lowest BCUT2D eigenvalue weighted by molar-refractivity contribution is -0.274. The predicted molar refractivity (Wildman–Crippen MR) is 137 cm³/mol. The van der Waals surface area contributed by atoms with E-state index in [0.29, 0.717) is 5.56 Å². The zero-order valence-corrected chi connectivity index (χ0v) is 21.5. The SMILES string of the molecule is N/C(=C\N(N)CCC(F)Cn1cc(C(=O)NCc2cccc(O)c2)nn1)NC(=O)Cc1cccc(OC(F)(F)F)c1. The molecule has 3 rings (SSSR count). The molecule has 1 aromatic heterocycles. The standard InChI is InChI=1S/C25H28F4N8O4/c26-18(13-37-14-21(34-35-37)24(40)32-12-17-4-1-5-19(38)9-17)7-8-36(31)15-22(30)33-23(39)11-16-3-2-6-20(10-16)41-25(27,28)29/h1-6,9-10,14-15,18,38H,7-8,11-13,30-31H2,(H,32,40)(H,33,39)/b22-15+. The van der Waals surface area contributed by atoms with Crippen molar-refractivity contribution in [3.05, 3.63) is 83.6 Å². The zero-order chi connectivity index (χ0) is 30.0. The summed E-state index contributed by atoms with van der Waals surface area (Å²) in [4.78, 5) is 24.4. The van der Waals surface area contributed by atoms with E-state index in [0.717, 1.165) is 23.3 Å². The fourth-order valence-corrected chi connectivity index (χ4v) is 3.53. The number of rotatable bonds is 13. The third-order valence-electron chi connectivity index (χ3n) is 5.31. The maximum atomic E-state index is 14.5. The number of phenolic OH excluding ortho intramolecular Hbond substituents is 1. The summed E-state index contributed by atoms with van der Waals surface area (Å²) in [5, 5.41) is 23.0. The molecule has 7 N–H and O–H groups in total. The van der Waals surface area contributed by atoms with Gasteiger partial charge in [-0.1, -0.05) is 29.5 Å². The molecule has 1 heterocycles. The number of nitrogens with two attached hydrogens (primary N) is 2. The maximum Gasteiger partial charge on any atom is 0.573 e. The number of ether oxygens (including phenoxy) is 1. The van der Waals surface area contributed by atoms with Gasteiger partial charge in [-0.3, -0.25) is 9.59 Å². The molecular weight excluding hydrogens is 552 g/mol. The van der Waals surface area contributed by atoms with Crippen molar-refractivity contribution in [2.24, 2.45) is 11.6 Å². The Balaban J connectivity index is 1.40. The fourth-order valence-electron chi connectivity index (χ4n) is 3.53. The number of hydrazine groups is 1. The average Bonchev–Trinajstić information content (AvgIpc) is 3.33. The molecule has 0 aliphatic carbocycles. The minimum absolute atomic E-state index is 0.000521. The number of aromatic nitrogens is 3. The molecule has 0 aliphatic heterocycles. The summed E-state index contributed by atoms with van der Waals surface area (Å²) in [7, 11) is 0. The van der Waals surface area contributed by atoms with Crippen LogP contribution in [-0.4, -0.2) is 56.0 Å². The molecule has 0 saturated carbocycles. The van der Waals surface area contributed by atoms with Crippen molar-refractivity contribution in [1.82, 2.24) is 30.6 Å². The lowest BCUT2D eigenvalue weighted by Gasteiger charge is -2.17. The molecular formula is C25H28F4N8O4. The molecule has 2 amide bonds. The number of nitrogens with one attached hydrogen (secondary N) is 2. The van der Waals surface area contributed by atoms with Crippen LogP contribution in [0.5, 0.6) is 11.5 Å². The molecule has 0 fully saturated rings. The van der Waals surface area contributed by atoms with Gasteiger partial charge < -0.3 is 31.2 Å². The number of phenols is 1. The molecule has 12 nitrogen and oxygen atoms in total. The van der Waals surface area contributed by atoms with E-state index < -0.39 is 30.1 Å². The Bertz CT molecular complexity index is 1370. The fraction of sp³-hybridized carbons (Fsp3) is 0.280. The van der Waals surface area contributed by atoms with Crippen LogP contribution in [0.25, 0.3) is 0 Å². The van der Waals surface area contributed by atoms with Gasteiger partial charge in [0.05, 0.1) is 25.4 Å². The molecule has 220 valence electrons. The Hall–Kier alpha value is -4.86. The second-order valence-electron chi connectivity index (χ2n) is 8.81. The molecule has 2 aromatic carbocycles. The summed E-state index contributed by atoms with van der Waals surface area (Å²) in [5.41, 5.74) is 6.67. The van der Waals surface area contributed by atoms with Crippen molar-refractivity contribution in [3.8, 4) is 11.5 Å². The van der Waals surface area contributed by atoms with Crippen molar-refractivity contribution < 1.29 is 37.0 Å². The first kappa shape index (κ1) is 30.7. The first-order chi connectivity index (χ1) is 19.4. The highest BCUT2D eigenvalue weighted by Crippen LogP contribution is 2.23. The number of alkyl halides is 4. The Morgan fingerprint density at radius 3 is 2.63 bits per heavy atom. The third-order valence-corrected chi connectivity index (χ3v) is 5.31. The summed E-state index contributed by atoms with van der Waals surface area (Å²) in [6, 6.07) is 11.3. The van der Waals surface area contributed by atoms with Crippen LogP contribution in [0.2, 0.25) is 0 Å². The van der Waals surface area contributed by atoms with Gasteiger partial charge >= 0.3 is 6.36 Å². The van der Waals surface area contributed by atoms with E-state index >= 15 is 0 Å². The van der Waals surface area contributed by atoms with Crippen molar-refractivity contribution in [2.75, 3.05) is 6.54 Å². The quantitative estimate of drug-likeness (QED) is 0.115. The highest BCUT2D eigenvalue weighted by atomic mass is 19.4. The van der Waals surface area contributed by atoms with Gasteiger partial charge in [-0.15, -0.1) is 18.3 Å². The molecule has 0 saturated heterocycles. The van der Waals surface area contributed by atoms with Gasteiger partial charge in [0.15, 0.2) is 5.69 Å². The van der Waals surface area contributed by atoms with Crippen molar-refractivity contribution in [3.63, 3.8) is 0 Å². The second kappa shape index (κ2) is 14.0. The van der Waals surface area contributed by atoms with Gasteiger partial charge in [0, 0.05) is 13.1 Å². The van der Waals surface area contributed by atoms with E-state index in [-0.39, 0.29) is 55.3 Å². The minimum Gasteiger partial charge on any atom is -0.508 e. The average molecular weight is 581 g/mol. The molecule has 3 aromatic rings. The number of hydrogen-bond acceptors (Lipinski definition) is 9. The highest BCUT2D eigenvalue weighted by molar-refractivity contribution is 5.91. The van der Waals surface area contributed by atoms with Gasteiger partial charge in [0.2, 0.25) is 5.91 Å². The second-order valence-corrected chi connectivity index (χ2v) is 8.81. The van der Waals surface area contributed by atoms with Crippen LogP contribution in [0, 0.1) is 0 Å². The van der Waals surface area contributed by atoms with Gasteiger partial charge in [-0.05, 0) is 41.8 Å². The summed E-state index contributed by atoms with van der Waals surface area (Å²) in [6.45, 7) is -0.0480. The first-order valence-electron chi connectivity index (χ1n) is 12.1. The van der Waals surface area contributed by atoms with E-state index in [2.05, 4.69) is 25.7 Å². The summed E-state index contributed by atoms with van der Waals surface area (Å²) in [5.74, 6) is 4.10. The number of amides is 2. The van der Waals surface area contributed by atoms with Gasteiger partial charge in [-0.2, -0.15) is 0 Å². The number of carbonyl (C=O) groups excluding carboxylic acids is 2. The molecule has 1 atom stereocenters. The van der Waals surface area contributed by atoms with E-state index in [4.69, 9.17) is 11.6 Å². The monoisotopic (exact) mass is 580 g/mol. The molecule has 0 aliphatic rings. The maximum absolute atomic E-state index is 14.5. The molecule has 41 heavy (non-hydrogen) atoms. The number of carbonyl (C=O) groups is 2. The minimum atomic E-state index is -4.86. The van der Waals surface area contributed by atoms with Crippen LogP contribution in [0.3, 0.4) is 0 Å². The highest BCUT2D eigenvalue weighted by Gasteiger charge is 2.31. The van der Waals surface area contributed by atoms with Crippen LogP contribution >= 0.6 is 0 Å². The van der Waals surface area contributed by atoms with Crippen LogP contribution in [0.15, 0.2) is 66.7 Å². The molecule has 16 heteroatoms. The lowest BCUT2D eigenvalue weighted by atomic mass is 10.1. The van der Waals surface area contributed by atoms with Crippen LogP contribution in [0.1, 0.15) is 28.0 Å². The van der Waals surface area contributed by atoms with E-state index in [1.165, 1.54) is 35.1 Å². The normalized spacial score (nSPS) is 12.5. The Morgan fingerprint density at radius 2 is 1.90 bits per heavy atom. The van der Waals surface area contributed by atoms with Crippen molar-refractivity contribution in [2.45, 2.75) is 38.5 Å². The number of halogens is 4. The number of hydrogen-bond donors (Lipinski definition) is 5. The number of benzene rings is 2. The van der Waals surface area contributed by atoms with Gasteiger partial charge in [-0.25, -0.2) is 14.9 Å². The van der Waals surface area contributed by atoms with Crippen LogP contribution in [0.4, 0.5) is 17.6 Å². The molecule has 0 radical (unpaired) electrons. The van der Waals surface area contributed by atoms with Crippen LogP contribution in [-0.2, 0) is 24.3 Å². The predicted octanol–water partition coefficient (Wildman–Crippen LogP) is 1.83. The van der Waals surface area contributed by atoms with Crippen molar-refractivity contribution >= 4 is 11.8 Å². The Morgan fingerprint density at radius 1 is 1.17 bits per heavy atom. The smallest absolute Gasteiger partial charge is 0.508 e. The summed E-state index contributed by atoms with van der Waals surface area (Å²) >= 11 is 0. The zero-order valence-electron chi connectivity index (χ0n) is 21.5. The molecule has 1 unspecified atom stereocenters. The largest absolute Gasteiger partial charge is 0.573 e. The van der Waals surface area contributed by atoms with E-state index in [1.807, 2.05) is 0 Å². The van der Waals surface area contributed by atoms with Crippen molar-refractivity contribution in [1.29, 1.82) is 0 Å². The molecule has 0 bridgehead atoms. The van der Waals surface area contributed by atoms with Gasteiger partial charge in [0.25, 0.3) is 5.91 Å². The van der Waals surface area contributed by atoms with E-state index in [1.54, 1.807) is 12.1 Å². The number of aromatic hydroxyl groups is 1. The molecule has 0 spiro atoms. The Labute approximate surface area is 231 Å². The van der Waals surface area contributed by atoms with Crippen LogP contribution < -0.4 is 26.9 Å². The van der Waals surface area contributed by atoms with Gasteiger partial charge in [0.1, 0.15) is 23.5 Å². The van der Waals surface area contributed by atoms with E-state index in [9.17, 15) is 32.3 Å². The summed E-state index contributed by atoms with van der Waals surface area (Å²) < 4.78 is 56.6. The Kier molecular flexibility index (Phi) is 10.5. The third kappa shape index (κ3) is 11.0. The number of nitrogens with zero attached hydrogens (tertiary/aromatic N) is 4. The lowest BCUT2D eigenvalue weighted by Crippen LogP contribution is -2.34.